The minimum absolute atomic E-state index is 0.0513. The van der Waals surface area contributed by atoms with Crippen LogP contribution in [0.25, 0.3) is 0 Å². The zero-order valence-electron chi connectivity index (χ0n) is 8.34. The smallest absolute Gasteiger partial charge is 0.221 e. The summed E-state index contributed by atoms with van der Waals surface area (Å²) in [5.74, 6) is 0.0513. The second-order valence-electron chi connectivity index (χ2n) is 2.77. The van der Waals surface area contributed by atoms with Crippen LogP contribution in [0, 0.1) is 11.3 Å². The van der Waals surface area contributed by atoms with Crippen molar-refractivity contribution in [2.75, 3.05) is 26.7 Å². The van der Waals surface area contributed by atoms with Crippen molar-refractivity contribution in [2.45, 2.75) is 19.8 Å². The highest BCUT2D eigenvalue weighted by atomic mass is 16.1. The molecular weight excluding hydrogens is 166 g/mol. The van der Waals surface area contributed by atoms with E-state index in [1.165, 1.54) is 0 Å². The number of rotatable bonds is 6. The van der Waals surface area contributed by atoms with E-state index in [4.69, 9.17) is 5.26 Å². The molecule has 0 aliphatic rings. The third kappa shape index (κ3) is 6.12. The lowest BCUT2D eigenvalue weighted by atomic mass is 10.3. The predicted molar refractivity (Wildman–Crippen MR) is 51.0 cm³/mol. The van der Waals surface area contributed by atoms with E-state index >= 15 is 0 Å². The monoisotopic (exact) mass is 183 g/mol. The number of nitriles is 1. The molecule has 0 spiro atoms. The van der Waals surface area contributed by atoms with Gasteiger partial charge >= 0.3 is 0 Å². The van der Waals surface area contributed by atoms with Crippen molar-refractivity contribution in [2.24, 2.45) is 0 Å². The molecule has 0 heterocycles. The SMILES string of the molecule is CCN(CCC#N)CCC(=O)NC. The standard InChI is InChI=1S/C9H17N3O/c1-3-12(7-4-6-10)8-5-9(13)11-2/h3-5,7-8H2,1-2H3,(H,11,13). The second-order valence-corrected chi connectivity index (χ2v) is 2.77. The topological polar surface area (TPSA) is 56.1 Å². The molecule has 0 fully saturated rings. The van der Waals surface area contributed by atoms with Gasteiger partial charge in [-0.2, -0.15) is 5.26 Å². The maximum absolute atomic E-state index is 10.9. The Kier molecular flexibility index (Phi) is 6.93. The summed E-state index contributed by atoms with van der Waals surface area (Å²) in [6.45, 7) is 4.40. The number of nitrogens with one attached hydrogen (secondary N) is 1. The first-order valence-electron chi connectivity index (χ1n) is 4.54. The molecule has 1 N–H and O–H groups in total. The molecule has 74 valence electrons. The van der Waals surface area contributed by atoms with Crippen LogP contribution < -0.4 is 5.32 Å². The molecule has 0 aliphatic carbocycles. The lowest BCUT2D eigenvalue weighted by Gasteiger charge is -2.17. The summed E-state index contributed by atoms with van der Waals surface area (Å²) in [6.07, 6.45) is 1.04. The van der Waals surface area contributed by atoms with E-state index in [-0.39, 0.29) is 5.91 Å². The third-order valence-electron chi connectivity index (χ3n) is 1.92. The van der Waals surface area contributed by atoms with Crippen LogP contribution in [-0.4, -0.2) is 37.5 Å². The Bertz CT molecular complexity index is 186. The summed E-state index contributed by atoms with van der Waals surface area (Å²) in [5.41, 5.74) is 0. The Hall–Kier alpha value is -1.08. The molecular formula is C9H17N3O. The quantitative estimate of drug-likeness (QED) is 0.646. The minimum Gasteiger partial charge on any atom is -0.359 e. The summed E-state index contributed by atoms with van der Waals surface area (Å²) in [5, 5.41) is 10.9. The van der Waals surface area contributed by atoms with E-state index in [0.717, 1.165) is 19.6 Å². The molecule has 4 nitrogen and oxygen atoms in total. The number of nitrogens with zero attached hydrogens (tertiary/aromatic N) is 2. The average molecular weight is 183 g/mol. The van der Waals surface area contributed by atoms with Crippen molar-refractivity contribution in [1.29, 1.82) is 5.26 Å². The van der Waals surface area contributed by atoms with Gasteiger partial charge in [0.2, 0.25) is 5.91 Å². The number of hydrogen-bond donors (Lipinski definition) is 1. The molecule has 0 bridgehead atoms. The van der Waals surface area contributed by atoms with Crippen LogP contribution in [0.4, 0.5) is 0 Å². The molecule has 4 heteroatoms. The first-order valence-corrected chi connectivity index (χ1v) is 4.54. The van der Waals surface area contributed by atoms with Crippen LogP contribution in [0.5, 0.6) is 0 Å². The van der Waals surface area contributed by atoms with Crippen LogP contribution in [0.1, 0.15) is 19.8 Å². The highest BCUT2D eigenvalue weighted by Gasteiger charge is 2.04. The van der Waals surface area contributed by atoms with E-state index in [9.17, 15) is 4.79 Å². The molecule has 0 aromatic carbocycles. The van der Waals surface area contributed by atoms with E-state index in [1.54, 1.807) is 7.05 Å². The van der Waals surface area contributed by atoms with E-state index in [0.29, 0.717) is 12.8 Å². The fourth-order valence-electron chi connectivity index (χ4n) is 1.02. The van der Waals surface area contributed by atoms with Gasteiger partial charge in [-0.1, -0.05) is 6.92 Å². The Morgan fingerprint density at radius 1 is 1.54 bits per heavy atom. The molecule has 0 radical (unpaired) electrons. The van der Waals surface area contributed by atoms with Crippen molar-refractivity contribution in [3.05, 3.63) is 0 Å². The molecule has 0 unspecified atom stereocenters. The molecule has 0 rings (SSSR count). The number of carbonyl (C=O) groups is 1. The normalized spacial score (nSPS) is 9.69. The molecule has 0 aromatic heterocycles. The Balaban J connectivity index is 3.60. The van der Waals surface area contributed by atoms with Crippen molar-refractivity contribution < 1.29 is 4.79 Å². The molecule has 0 aliphatic heterocycles. The zero-order valence-corrected chi connectivity index (χ0v) is 8.34. The molecule has 0 saturated heterocycles. The van der Waals surface area contributed by atoms with Crippen molar-refractivity contribution in [3.63, 3.8) is 0 Å². The second kappa shape index (κ2) is 7.56. The lowest BCUT2D eigenvalue weighted by Crippen LogP contribution is -2.30. The highest BCUT2D eigenvalue weighted by Crippen LogP contribution is 1.93. The van der Waals surface area contributed by atoms with E-state index < -0.39 is 0 Å². The average Bonchev–Trinajstić information content (AvgIpc) is 2.17. The first kappa shape index (κ1) is 11.9. The van der Waals surface area contributed by atoms with Crippen molar-refractivity contribution in [1.82, 2.24) is 10.2 Å². The zero-order chi connectivity index (χ0) is 10.1. The van der Waals surface area contributed by atoms with Gasteiger partial charge in [-0.05, 0) is 6.54 Å². The number of carbonyl (C=O) groups excluding carboxylic acids is 1. The fourth-order valence-corrected chi connectivity index (χ4v) is 1.02. The van der Waals surface area contributed by atoms with Gasteiger partial charge in [-0.3, -0.25) is 4.79 Å². The van der Waals surface area contributed by atoms with Gasteiger partial charge < -0.3 is 10.2 Å². The van der Waals surface area contributed by atoms with Crippen LogP contribution >= 0.6 is 0 Å². The minimum atomic E-state index is 0.0513. The van der Waals surface area contributed by atoms with E-state index in [1.807, 2.05) is 6.92 Å². The van der Waals surface area contributed by atoms with Gasteiger partial charge in [0.05, 0.1) is 6.07 Å². The summed E-state index contributed by atoms with van der Waals surface area (Å²) >= 11 is 0. The van der Waals surface area contributed by atoms with E-state index in [2.05, 4.69) is 16.3 Å². The molecule has 0 atom stereocenters. The fraction of sp³-hybridized carbons (Fsp3) is 0.778. The summed E-state index contributed by atoms with van der Waals surface area (Å²) in [7, 11) is 1.63. The number of hydrogen-bond acceptors (Lipinski definition) is 3. The van der Waals surface area contributed by atoms with Gasteiger partial charge in [0.25, 0.3) is 0 Å². The van der Waals surface area contributed by atoms with Crippen LogP contribution in [0.2, 0.25) is 0 Å². The van der Waals surface area contributed by atoms with Crippen LogP contribution in [-0.2, 0) is 4.79 Å². The molecule has 1 amide bonds. The lowest BCUT2D eigenvalue weighted by molar-refractivity contribution is -0.120. The van der Waals surface area contributed by atoms with Gasteiger partial charge in [0.1, 0.15) is 0 Å². The Labute approximate surface area is 79.5 Å². The van der Waals surface area contributed by atoms with Gasteiger partial charge in [0.15, 0.2) is 0 Å². The summed E-state index contributed by atoms with van der Waals surface area (Å²) in [6, 6.07) is 2.09. The Morgan fingerprint density at radius 3 is 2.69 bits per heavy atom. The highest BCUT2D eigenvalue weighted by molar-refractivity contribution is 5.75. The van der Waals surface area contributed by atoms with Gasteiger partial charge in [0, 0.05) is 33.0 Å². The maximum Gasteiger partial charge on any atom is 0.221 e. The third-order valence-corrected chi connectivity index (χ3v) is 1.92. The predicted octanol–water partition coefficient (Wildman–Crippen LogP) is 0.358. The Morgan fingerprint density at radius 2 is 2.23 bits per heavy atom. The molecule has 0 saturated carbocycles. The number of amides is 1. The van der Waals surface area contributed by atoms with Crippen molar-refractivity contribution in [3.8, 4) is 6.07 Å². The van der Waals surface area contributed by atoms with Crippen LogP contribution in [0.3, 0.4) is 0 Å². The first-order chi connectivity index (χ1) is 6.24. The summed E-state index contributed by atoms with van der Waals surface area (Å²) < 4.78 is 0. The summed E-state index contributed by atoms with van der Waals surface area (Å²) in [4.78, 5) is 13.0. The van der Waals surface area contributed by atoms with Gasteiger partial charge in [-0.15, -0.1) is 0 Å². The molecule has 13 heavy (non-hydrogen) atoms. The largest absolute Gasteiger partial charge is 0.359 e. The maximum atomic E-state index is 10.9. The van der Waals surface area contributed by atoms with Gasteiger partial charge in [-0.25, -0.2) is 0 Å². The van der Waals surface area contributed by atoms with Crippen molar-refractivity contribution >= 4 is 5.91 Å². The molecule has 0 aromatic rings. The van der Waals surface area contributed by atoms with Crippen LogP contribution in [0.15, 0.2) is 0 Å².